The van der Waals surface area contributed by atoms with E-state index in [0.717, 1.165) is 19.3 Å². The van der Waals surface area contributed by atoms with Gasteiger partial charge < -0.3 is 0 Å². The summed E-state index contributed by atoms with van der Waals surface area (Å²) in [6.07, 6.45) is 9.38. The Morgan fingerprint density at radius 2 is 2.31 bits per heavy atom. The molecule has 0 heterocycles. The Morgan fingerprint density at radius 3 is 3.00 bits per heavy atom. The molecule has 0 saturated heterocycles. The van der Waals surface area contributed by atoms with Gasteiger partial charge in [-0.1, -0.05) is 30.7 Å². The highest BCUT2D eigenvalue weighted by Gasteiger charge is 2.41. The van der Waals surface area contributed by atoms with Crippen LogP contribution in [0.3, 0.4) is 0 Å². The largest absolute Gasteiger partial charge is 0.299 e. The average molecular weight is 176 g/mol. The van der Waals surface area contributed by atoms with Crippen LogP contribution in [0.2, 0.25) is 0 Å². The first-order valence-electron chi connectivity index (χ1n) is 5.02. The Morgan fingerprint density at radius 1 is 1.54 bits per heavy atom. The van der Waals surface area contributed by atoms with Crippen LogP contribution in [0.15, 0.2) is 23.8 Å². The van der Waals surface area contributed by atoms with Crippen molar-refractivity contribution in [3.63, 3.8) is 0 Å². The summed E-state index contributed by atoms with van der Waals surface area (Å²) in [4.78, 5) is 11.8. The Hall–Kier alpha value is -0.850. The molecular formula is C12H16O. The molecule has 1 saturated carbocycles. The number of carbonyl (C=O) groups excluding carboxylic acids is 1. The average Bonchev–Trinajstić information content (AvgIpc) is 2.02. The second kappa shape index (κ2) is 2.83. The highest BCUT2D eigenvalue weighted by Crippen LogP contribution is 2.45. The molecule has 13 heavy (non-hydrogen) atoms. The van der Waals surface area contributed by atoms with Gasteiger partial charge in [0, 0.05) is 12.3 Å². The van der Waals surface area contributed by atoms with Gasteiger partial charge in [0.25, 0.3) is 0 Å². The Bertz CT molecular complexity index is 298. The van der Waals surface area contributed by atoms with Crippen molar-refractivity contribution in [3.05, 3.63) is 23.8 Å². The standard InChI is InChI=1S/C12H16O/c1-9-5-3-7-12(2)8-4-6-10(13)11(9)12/h3,5,7,11H,4,6,8H2,1-2H3. The van der Waals surface area contributed by atoms with Gasteiger partial charge >= 0.3 is 0 Å². The fourth-order valence-corrected chi connectivity index (χ4v) is 2.77. The third-order valence-corrected chi connectivity index (χ3v) is 3.41. The van der Waals surface area contributed by atoms with Gasteiger partial charge in [0.1, 0.15) is 5.78 Å². The predicted octanol–water partition coefficient (Wildman–Crippen LogP) is 2.88. The number of hydrogen-bond acceptors (Lipinski definition) is 1. The van der Waals surface area contributed by atoms with Crippen LogP contribution in [0.25, 0.3) is 0 Å². The quantitative estimate of drug-likeness (QED) is 0.554. The van der Waals surface area contributed by atoms with E-state index in [4.69, 9.17) is 0 Å². The molecule has 0 bridgehead atoms. The van der Waals surface area contributed by atoms with E-state index in [1.54, 1.807) is 0 Å². The topological polar surface area (TPSA) is 17.1 Å². The molecular weight excluding hydrogens is 160 g/mol. The molecule has 2 rings (SSSR count). The monoisotopic (exact) mass is 176 g/mol. The van der Waals surface area contributed by atoms with Gasteiger partial charge in [0.2, 0.25) is 0 Å². The zero-order chi connectivity index (χ0) is 9.47. The third kappa shape index (κ3) is 1.27. The summed E-state index contributed by atoms with van der Waals surface area (Å²) in [5.41, 5.74) is 1.36. The van der Waals surface area contributed by atoms with E-state index >= 15 is 0 Å². The first kappa shape index (κ1) is 8.74. The number of carbonyl (C=O) groups is 1. The zero-order valence-electron chi connectivity index (χ0n) is 8.34. The second-order valence-corrected chi connectivity index (χ2v) is 4.53. The first-order valence-corrected chi connectivity index (χ1v) is 5.02. The van der Waals surface area contributed by atoms with E-state index in [1.165, 1.54) is 5.57 Å². The maximum absolute atomic E-state index is 11.8. The SMILES string of the molecule is CC1=CC=CC2(C)CCCC(=O)C12. The van der Waals surface area contributed by atoms with Crippen LogP contribution in [0.1, 0.15) is 33.1 Å². The van der Waals surface area contributed by atoms with Crippen LogP contribution in [0.5, 0.6) is 0 Å². The summed E-state index contributed by atoms with van der Waals surface area (Å²) >= 11 is 0. The van der Waals surface area contributed by atoms with E-state index in [0.29, 0.717) is 5.78 Å². The van der Waals surface area contributed by atoms with Crippen molar-refractivity contribution < 1.29 is 4.79 Å². The van der Waals surface area contributed by atoms with Gasteiger partial charge in [0.05, 0.1) is 0 Å². The van der Waals surface area contributed by atoms with E-state index in [2.05, 4.69) is 32.1 Å². The molecule has 0 aliphatic heterocycles. The van der Waals surface area contributed by atoms with Crippen molar-refractivity contribution in [1.29, 1.82) is 0 Å². The molecule has 0 aromatic carbocycles. The van der Waals surface area contributed by atoms with Gasteiger partial charge in [0.15, 0.2) is 0 Å². The molecule has 0 spiro atoms. The van der Waals surface area contributed by atoms with Crippen molar-refractivity contribution in [2.75, 3.05) is 0 Å². The molecule has 0 amide bonds. The number of ketones is 1. The molecule has 0 N–H and O–H groups in total. The van der Waals surface area contributed by atoms with Crippen LogP contribution < -0.4 is 0 Å². The Labute approximate surface area is 79.5 Å². The minimum absolute atomic E-state index is 0.119. The summed E-state index contributed by atoms with van der Waals surface area (Å²) in [5.74, 6) is 0.609. The van der Waals surface area contributed by atoms with Crippen molar-refractivity contribution in [3.8, 4) is 0 Å². The molecule has 1 heteroatoms. The van der Waals surface area contributed by atoms with Crippen molar-refractivity contribution in [2.45, 2.75) is 33.1 Å². The highest BCUT2D eigenvalue weighted by atomic mass is 16.1. The highest BCUT2D eigenvalue weighted by molar-refractivity contribution is 5.86. The molecule has 1 nitrogen and oxygen atoms in total. The zero-order valence-corrected chi connectivity index (χ0v) is 8.34. The molecule has 0 aromatic heterocycles. The number of hydrogen-bond donors (Lipinski definition) is 0. The molecule has 2 unspecified atom stereocenters. The van der Waals surface area contributed by atoms with Crippen LogP contribution in [-0.2, 0) is 4.79 Å². The third-order valence-electron chi connectivity index (χ3n) is 3.41. The van der Waals surface area contributed by atoms with E-state index in [9.17, 15) is 4.79 Å². The van der Waals surface area contributed by atoms with Crippen LogP contribution in [0, 0.1) is 11.3 Å². The van der Waals surface area contributed by atoms with Crippen molar-refractivity contribution in [2.24, 2.45) is 11.3 Å². The van der Waals surface area contributed by atoms with Crippen LogP contribution in [-0.4, -0.2) is 5.78 Å². The molecule has 70 valence electrons. The molecule has 2 aliphatic carbocycles. The lowest BCUT2D eigenvalue weighted by atomic mass is 9.62. The number of rotatable bonds is 0. The summed E-state index contributed by atoms with van der Waals surface area (Å²) in [5, 5.41) is 0. The molecule has 0 aromatic rings. The molecule has 0 radical (unpaired) electrons. The van der Waals surface area contributed by atoms with Gasteiger partial charge in [-0.2, -0.15) is 0 Å². The number of allylic oxidation sites excluding steroid dienone is 4. The van der Waals surface area contributed by atoms with Gasteiger partial charge in [-0.25, -0.2) is 0 Å². The molecule has 1 fully saturated rings. The Balaban J connectivity index is 2.39. The maximum Gasteiger partial charge on any atom is 0.140 e. The van der Waals surface area contributed by atoms with Gasteiger partial charge in [-0.05, 0) is 25.2 Å². The van der Waals surface area contributed by atoms with Gasteiger partial charge in [-0.3, -0.25) is 4.79 Å². The van der Waals surface area contributed by atoms with Crippen LogP contribution >= 0.6 is 0 Å². The van der Waals surface area contributed by atoms with Crippen molar-refractivity contribution >= 4 is 5.78 Å². The van der Waals surface area contributed by atoms with E-state index in [1.807, 2.05) is 0 Å². The Kier molecular flexibility index (Phi) is 1.90. The first-order chi connectivity index (χ1) is 6.13. The second-order valence-electron chi connectivity index (χ2n) is 4.53. The van der Waals surface area contributed by atoms with E-state index in [-0.39, 0.29) is 11.3 Å². The number of fused-ring (bicyclic) bond motifs is 1. The summed E-state index contributed by atoms with van der Waals surface area (Å²) < 4.78 is 0. The fraction of sp³-hybridized carbons (Fsp3) is 0.583. The summed E-state index contributed by atoms with van der Waals surface area (Å²) in [6, 6.07) is 0. The minimum atomic E-state index is 0.119. The normalized spacial score (nSPS) is 38.5. The fourth-order valence-electron chi connectivity index (χ4n) is 2.77. The smallest absolute Gasteiger partial charge is 0.140 e. The molecule has 2 aliphatic rings. The lowest BCUT2D eigenvalue weighted by Crippen LogP contribution is -2.37. The summed E-state index contributed by atoms with van der Waals surface area (Å²) in [6.45, 7) is 4.29. The van der Waals surface area contributed by atoms with Crippen molar-refractivity contribution in [1.82, 2.24) is 0 Å². The lowest BCUT2D eigenvalue weighted by molar-refractivity contribution is -0.126. The minimum Gasteiger partial charge on any atom is -0.299 e. The van der Waals surface area contributed by atoms with E-state index < -0.39 is 0 Å². The lowest BCUT2D eigenvalue weighted by Gasteiger charge is -2.40. The molecule has 2 atom stereocenters. The predicted molar refractivity (Wildman–Crippen MR) is 53.4 cm³/mol. The maximum atomic E-state index is 11.8. The van der Waals surface area contributed by atoms with Gasteiger partial charge in [-0.15, -0.1) is 0 Å². The van der Waals surface area contributed by atoms with Crippen LogP contribution in [0.4, 0.5) is 0 Å². The summed E-state index contributed by atoms with van der Waals surface area (Å²) in [7, 11) is 0. The number of Topliss-reactive ketones (excluding diaryl/α,β-unsaturated/α-hetero) is 1.